The third-order valence-corrected chi connectivity index (χ3v) is 3.93. The molecule has 0 saturated heterocycles. The van der Waals surface area contributed by atoms with Crippen molar-refractivity contribution in [1.29, 1.82) is 0 Å². The second kappa shape index (κ2) is 7.25. The molecule has 0 N–H and O–H groups in total. The number of sulfone groups is 1. The van der Waals surface area contributed by atoms with Crippen molar-refractivity contribution in [2.45, 2.75) is 6.92 Å². The third-order valence-electron chi connectivity index (χ3n) is 2.44. The lowest BCUT2D eigenvalue weighted by atomic mass is 10.1. The van der Waals surface area contributed by atoms with Crippen molar-refractivity contribution >= 4 is 15.6 Å². The van der Waals surface area contributed by atoms with Crippen molar-refractivity contribution in [3.8, 4) is 5.75 Å². The number of ether oxygens (including phenoxy) is 2. The quantitative estimate of drug-likeness (QED) is 0.674. The molecule has 0 saturated carbocycles. The molecule has 0 atom stereocenters. The molecule has 0 bridgehead atoms. The van der Waals surface area contributed by atoms with E-state index >= 15 is 0 Å². The van der Waals surface area contributed by atoms with E-state index < -0.39 is 21.4 Å². The monoisotopic (exact) mass is 286 g/mol. The normalized spacial score (nSPS) is 11.3. The summed E-state index contributed by atoms with van der Waals surface area (Å²) in [4.78, 5) is 11.8. The van der Waals surface area contributed by atoms with Crippen LogP contribution in [-0.4, -0.2) is 46.0 Å². The van der Waals surface area contributed by atoms with Gasteiger partial charge in [-0.2, -0.15) is 0 Å². The zero-order valence-electron chi connectivity index (χ0n) is 11.1. The Morgan fingerprint density at radius 1 is 1.21 bits per heavy atom. The zero-order chi connectivity index (χ0) is 14.3. The molecule has 1 aromatic rings. The first-order valence-corrected chi connectivity index (χ1v) is 7.76. The predicted octanol–water partition coefficient (Wildman–Crippen LogP) is 1.33. The average Bonchev–Trinajstić information content (AvgIpc) is 2.37. The van der Waals surface area contributed by atoms with Crippen LogP contribution in [0.5, 0.6) is 5.75 Å². The standard InChI is InChI=1S/C13H18O5S/c1-3-18-12-6-4-11(5-7-12)13(14)10-19(15,16)9-8-17-2/h4-7H,3,8-10H2,1-2H3. The van der Waals surface area contributed by atoms with Crippen LogP contribution in [0.1, 0.15) is 17.3 Å². The molecule has 0 fully saturated rings. The number of carbonyl (C=O) groups is 1. The van der Waals surface area contributed by atoms with Crippen molar-refractivity contribution in [3.05, 3.63) is 29.8 Å². The number of rotatable bonds is 8. The molecular formula is C13H18O5S. The van der Waals surface area contributed by atoms with E-state index in [2.05, 4.69) is 0 Å². The van der Waals surface area contributed by atoms with Gasteiger partial charge in [0.1, 0.15) is 11.5 Å². The number of benzene rings is 1. The second-order valence-electron chi connectivity index (χ2n) is 3.97. The number of hydrogen-bond donors (Lipinski definition) is 0. The highest BCUT2D eigenvalue weighted by atomic mass is 32.2. The molecule has 5 nitrogen and oxygen atoms in total. The number of methoxy groups -OCH3 is 1. The fourth-order valence-corrected chi connectivity index (χ4v) is 2.60. The molecule has 0 spiro atoms. The van der Waals surface area contributed by atoms with Crippen LogP contribution in [0, 0.1) is 0 Å². The van der Waals surface area contributed by atoms with Crippen LogP contribution in [-0.2, 0) is 14.6 Å². The largest absolute Gasteiger partial charge is 0.494 e. The zero-order valence-corrected chi connectivity index (χ0v) is 11.9. The molecule has 6 heteroatoms. The summed E-state index contributed by atoms with van der Waals surface area (Å²) in [6, 6.07) is 6.44. The van der Waals surface area contributed by atoms with E-state index in [0.29, 0.717) is 17.9 Å². The first kappa shape index (κ1) is 15.7. The lowest BCUT2D eigenvalue weighted by molar-refractivity contribution is 0.102. The molecule has 0 radical (unpaired) electrons. The van der Waals surface area contributed by atoms with E-state index in [9.17, 15) is 13.2 Å². The van der Waals surface area contributed by atoms with Gasteiger partial charge in [0.15, 0.2) is 15.6 Å². The SMILES string of the molecule is CCOc1ccc(C(=O)CS(=O)(=O)CCOC)cc1. The Kier molecular flexibility index (Phi) is 5.98. The van der Waals surface area contributed by atoms with E-state index in [-0.39, 0.29) is 12.4 Å². The molecular weight excluding hydrogens is 268 g/mol. The minimum atomic E-state index is -3.42. The van der Waals surface area contributed by atoms with Gasteiger partial charge in [0, 0.05) is 12.7 Å². The third kappa shape index (κ3) is 5.40. The molecule has 19 heavy (non-hydrogen) atoms. The lowest BCUT2D eigenvalue weighted by Gasteiger charge is -2.05. The van der Waals surface area contributed by atoms with Gasteiger partial charge in [-0.1, -0.05) is 0 Å². The molecule has 0 aromatic heterocycles. The van der Waals surface area contributed by atoms with Gasteiger partial charge in [-0.05, 0) is 31.2 Å². The van der Waals surface area contributed by atoms with Gasteiger partial charge >= 0.3 is 0 Å². The highest BCUT2D eigenvalue weighted by molar-refractivity contribution is 7.92. The predicted molar refractivity (Wildman–Crippen MR) is 72.5 cm³/mol. The first-order chi connectivity index (χ1) is 8.98. The summed E-state index contributed by atoms with van der Waals surface area (Å²) < 4.78 is 33.2. The fraction of sp³-hybridized carbons (Fsp3) is 0.462. The number of ketones is 1. The molecule has 0 heterocycles. The van der Waals surface area contributed by atoms with Crippen molar-refractivity contribution in [2.75, 3.05) is 31.8 Å². The maximum atomic E-state index is 11.8. The maximum absolute atomic E-state index is 11.8. The molecule has 0 amide bonds. The topological polar surface area (TPSA) is 69.7 Å². The first-order valence-electron chi connectivity index (χ1n) is 5.94. The summed E-state index contributed by atoms with van der Waals surface area (Å²) in [6.07, 6.45) is 0. The van der Waals surface area contributed by atoms with Gasteiger partial charge in [0.2, 0.25) is 0 Å². The van der Waals surface area contributed by atoms with Crippen LogP contribution in [0.4, 0.5) is 0 Å². The van der Waals surface area contributed by atoms with Crippen LogP contribution in [0.15, 0.2) is 24.3 Å². The van der Waals surface area contributed by atoms with E-state index in [1.165, 1.54) is 7.11 Å². The van der Waals surface area contributed by atoms with E-state index in [0.717, 1.165) is 0 Å². The Morgan fingerprint density at radius 3 is 2.37 bits per heavy atom. The van der Waals surface area contributed by atoms with E-state index in [1.807, 2.05) is 6.92 Å². The van der Waals surface area contributed by atoms with Gasteiger partial charge in [-0.15, -0.1) is 0 Å². The fourth-order valence-electron chi connectivity index (χ4n) is 1.47. The molecule has 0 unspecified atom stereocenters. The minimum Gasteiger partial charge on any atom is -0.494 e. The molecule has 1 rings (SSSR count). The second-order valence-corrected chi connectivity index (χ2v) is 6.15. The smallest absolute Gasteiger partial charge is 0.177 e. The van der Waals surface area contributed by atoms with Gasteiger partial charge in [0.05, 0.1) is 19.0 Å². The minimum absolute atomic E-state index is 0.0961. The van der Waals surface area contributed by atoms with Crippen molar-refractivity contribution in [1.82, 2.24) is 0 Å². The summed E-state index contributed by atoms with van der Waals surface area (Å²) in [5.74, 6) is -0.406. The molecule has 0 aliphatic rings. The van der Waals surface area contributed by atoms with Gasteiger partial charge in [-0.25, -0.2) is 8.42 Å². The summed E-state index contributed by atoms with van der Waals surface area (Å²) in [5.41, 5.74) is 0.365. The lowest BCUT2D eigenvalue weighted by Crippen LogP contribution is -2.21. The van der Waals surface area contributed by atoms with Gasteiger partial charge in [0.25, 0.3) is 0 Å². The van der Waals surface area contributed by atoms with Crippen LogP contribution in [0.2, 0.25) is 0 Å². The Hall–Kier alpha value is -1.40. The number of carbonyl (C=O) groups excluding carboxylic acids is 1. The highest BCUT2D eigenvalue weighted by Crippen LogP contribution is 2.13. The Morgan fingerprint density at radius 2 is 1.84 bits per heavy atom. The summed E-state index contributed by atoms with van der Waals surface area (Å²) in [5, 5.41) is 0. The van der Waals surface area contributed by atoms with Crippen molar-refractivity contribution in [3.63, 3.8) is 0 Å². The average molecular weight is 286 g/mol. The van der Waals surface area contributed by atoms with Crippen LogP contribution in [0.25, 0.3) is 0 Å². The summed E-state index contributed by atoms with van der Waals surface area (Å²) >= 11 is 0. The Balaban J connectivity index is 2.67. The van der Waals surface area contributed by atoms with Crippen molar-refractivity contribution < 1.29 is 22.7 Å². The molecule has 0 aliphatic heterocycles. The van der Waals surface area contributed by atoms with E-state index in [4.69, 9.17) is 9.47 Å². The van der Waals surface area contributed by atoms with Gasteiger partial charge < -0.3 is 9.47 Å². The number of Topliss-reactive ketones (excluding diaryl/α,β-unsaturated/α-hetero) is 1. The van der Waals surface area contributed by atoms with E-state index in [1.54, 1.807) is 24.3 Å². The maximum Gasteiger partial charge on any atom is 0.177 e. The highest BCUT2D eigenvalue weighted by Gasteiger charge is 2.17. The molecule has 106 valence electrons. The van der Waals surface area contributed by atoms with Crippen LogP contribution >= 0.6 is 0 Å². The Labute approximate surface area is 113 Å². The van der Waals surface area contributed by atoms with Crippen molar-refractivity contribution in [2.24, 2.45) is 0 Å². The summed E-state index contributed by atoms with van der Waals surface area (Å²) in [6.45, 7) is 2.50. The molecule has 1 aromatic carbocycles. The van der Waals surface area contributed by atoms with Crippen LogP contribution in [0.3, 0.4) is 0 Å². The Bertz CT molecular complexity index is 504. The van der Waals surface area contributed by atoms with Crippen LogP contribution < -0.4 is 4.74 Å². The van der Waals surface area contributed by atoms with Gasteiger partial charge in [-0.3, -0.25) is 4.79 Å². The molecule has 0 aliphatic carbocycles. The summed E-state index contributed by atoms with van der Waals surface area (Å²) in [7, 11) is -2.00. The number of hydrogen-bond acceptors (Lipinski definition) is 5.